The van der Waals surface area contributed by atoms with Gasteiger partial charge in [-0.05, 0) is 12.8 Å². The molecule has 0 aromatic rings. The van der Waals surface area contributed by atoms with Crippen molar-refractivity contribution in [2.24, 2.45) is 0 Å². The molecule has 3 atom stereocenters. The van der Waals surface area contributed by atoms with Crippen LogP contribution in [0.3, 0.4) is 0 Å². The van der Waals surface area contributed by atoms with Crippen molar-refractivity contribution in [1.29, 1.82) is 0 Å². The number of amides is 1. The predicted octanol–water partition coefficient (Wildman–Crippen LogP) is -0.423. The maximum Gasteiger partial charge on any atom is 0.406 e. The summed E-state index contributed by atoms with van der Waals surface area (Å²) in [7, 11) is 0. The van der Waals surface area contributed by atoms with Gasteiger partial charge in [-0.2, -0.15) is 13.2 Å². The second-order valence-electron chi connectivity index (χ2n) is 5.12. The molecule has 0 spiro atoms. The van der Waals surface area contributed by atoms with E-state index in [0.717, 1.165) is 4.90 Å². The highest BCUT2D eigenvalue weighted by Gasteiger charge is 2.42. The Bertz CT molecular complexity index is 341. The van der Waals surface area contributed by atoms with Gasteiger partial charge in [0.05, 0.1) is 18.2 Å². The van der Waals surface area contributed by atoms with Crippen LogP contribution in [0.2, 0.25) is 0 Å². The molecular weight excluding hydrogens is 265 g/mol. The SMILES string of the molecule is O=C1C(N2CC(O)C(O)C2)CCCN1CC(F)(F)F. The van der Waals surface area contributed by atoms with E-state index in [1.165, 1.54) is 0 Å². The zero-order valence-corrected chi connectivity index (χ0v) is 10.3. The highest BCUT2D eigenvalue weighted by molar-refractivity contribution is 5.82. The summed E-state index contributed by atoms with van der Waals surface area (Å²) < 4.78 is 37.1. The van der Waals surface area contributed by atoms with Gasteiger partial charge in [-0.3, -0.25) is 9.69 Å². The zero-order chi connectivity index (χ0) is 14.2. The summed E-state index contributed by atoms with van der Waals surface area (Å²) in [5, 5.41) is 18.9. The Kier molecular flexibility index (Phi) is 4.03. The zero-order valence-electron chi connectivity index (χ0n) is 10.3. The van der Waals surface area contributed by atoms with Crippen molar-refractivity contribution in [2.45, 2.75) is 37.3 Å². The molecule has 2 aliphatic rings. The summed E-state index contributed by atoms with van der Waals surface area (Å²) >= 11 is 0. The van der Waals surface area contributed by atoms with Crippen LogP contribution in [0.5, 0.6) is 0 Å². The Hall–Kier alpha value is -0.860. The number of rotatable bonds is 2. The molecule has 2 saturated heterocycles. The second kappa shape index (κ2) is 5.26. The summed E-state index contributed by atoms with van der Waals surface area (Å²) in [6, 6.07) is -0.664. The molecule has 0 bridgehead atoms. The predicted molar refractivity (Wildman–Crippen MR) is 59.2 cm³/mol. The molecule has 2 aliphatic heterocycles. The van der Waals surface area contributed by atoms with Crippen molar-refractivity contribution >= 4 is 5.91 Å². The van der Waals surface area contributed by atoms with E-state index in [1.807, 2.05) is 0 Å². The van der Waals surface area contributed by atoms with Crippen LogP contribution < -0.4 is 0 Å². The van der Waals surface area contributed by atoms with Crippen LogP contribution in [-0.4, -0.2) is 76.5 Å². The number of carbonyl (C=O) groups excluding carboxylic acids is 1. The maximum absolute atomic E-state index is 12.4. The van der Waals surface area contributed by atoms with Gasteiger partial charge < -0.3 is 15.1 Å². The summed E-state index contributed by atoms with van der Waals surface area (Å²) in [4.78, 5) is 14.4. The largest absolute Gasteiger partial charge is 0.406 e. The lowest BCUT2D eigenvalue weighted by Gasteiger charge is -2.36. The van der Waals surface area contributed by atoms with Crippen molar-refractivity contribution in [3.05, 3.63) is 0 Å². The molecule has 0 aromatic carbocycles. The summed E-state index contributed by atoms with van der Waals surface area (Å²) in [5.74, 6) is -0.565. The highest BCUT2D eigenvalue weighted by atomic mass is 19.4. The van der Waals surface area contributed by atoms with Gasteiger partial charge in [-0.1, -0.05) is 0 Å². The molecule has 5 nitrogen and oxygen atoms in total. The van der Waals surface area contributed by atoms with E-state index >= 15 is 0 Å². The van der Waals surface area contributed by atoms with E-state index in [1.54, 1.807) is 4.90 Å². The van der Waals surface area contributed by atoms with Crippen LogP contribution in [0.1, 0.15) is 12.8 Å². The fourth-order valence-corrected chi connectivity index (χ4v) is 2.68. The number of piperidine rings is 1. The Morgan fingerprint density at radius 1 is 1.21 bits per heavy atom. The smallest absolute Gasteiger partial charge is 0.389 e. The van der Waals surface area contributed by atoms with Crippen LogP contribution in [0.4, 0.5) is 13.2 Å². The maximum atomic E-state index is 12.4. The number of likely N-dealkylation sites (tertiary alicyclic amines) is 2. The standard InChI is InChI=1S/C11H17F3N2O3/c12-11(13,14)6-15-3-1-2-7(10(15)19)16-4-8(17)9(18)5-16/h7-9,17-18H,1-6H2. The first-order chi connectivity index (χ1) is 8.78. The molecule has 8 heteroatoms. The number of β-amino-alcohol motifs (C(OH)–C–C–N with tert-alkyl or cyclic N) is 2. The lowest BCUT2D eigenvalue weighted by Crippen LogP contribution is -2.54. The number of alkyl halides is 3. The average molecular weight is 282 g/mol. The van der Waals surface area contributed by atoms with Crippen molar-refractivity contribution < 1.29 is 28.2 Å². The minimum Gasteiger partial charge on any atom is -0.389 e. The van der Waals surface area contributed by atoms with Crippen molar-refractivity contribution in [2.75, 3.05) is 26.2 Å². The van der Waals surface area contributed by atoms with E-state index in [2.05, 4.69) is 0 Å². The van der Waals surface area contributed by atoms with Crippen LogP contribution >= 0.6 is 0 Å². The summed E-state index contributed by atoms with van der Waals surface area (Å²) in [6.45, 7) is -0.885. The van der Waals surface area contributed by atoms with Gasteiger partial charge in [0.2, 0.25) is 5.91 Å². The molecule has 2 heterocycles. The molecule has 19 heavy (non-hydrogen) atoms. The first-order valence-corrected chi connectivity index (χ1v) is 6.23. The van der Waals surface area contributed by atoms with Crippen molar-refractivity contribution in [1.82, 2.24) is 9.80 Å². The Morgan fingerprint density at radius 2 is 1.79 bits per heavy atom. The monoisotopic (exact) mass is 282 g/mol. The number of hydrogen-bond donors (Lipinski definition) is 2. The molecule has 110 valence electrons. The van der Waals surface area contributed by atoms with Gasteiger partial charge in [0.25, 0.3) is 0 Å². The third kappa shape index (κ3) is 3.37. The molecule has 1 amide bonds. The van der Waals surface area contributed by atoms with E-state index in [9.17, 15) is 28.2 Å². The van der Waals surface area contributed by atoms with E-state index < -0.39 is 36.9 Å². The molecular formula is C11H17F3N2O3. The quantitative estimate of drug-likeness (QED) is 0.722. The Labute approximate surface area is 108 Å². The molecule has 2 rings (SSSR count). The number of nitrogens with zero attached hydrogens (tertiary/aromatic N) is 2. The van der Waals surface area contributed by atoms with Crippen molar-refractivity contribution in [3.63, 3.8) is 0 Å². The van der Waals surface area contributed by atoms with Crippen LogP contribution in [0.25, 0.3) is 0 Å². The van der Waals surface area contributed by atoms with Crippen LogP contribution in [-0.2, 0) is 4.79 Å². The second-order valence-corrected chi connectivity index (χ2v) is 5.12. The van der Waals surface area contributed by atoms with E-state index in [0.29, 0.717) is 12.8 Å². The summed E-state index contributed by atoms with van der Waals surface area (Å²) in [6.07, 6.45) is -5.32. The fourth-order valence-electron chi connectivity index (χ4n) is 2.68. The molecule has 0 aromatic heterocycles. The third-order valence-corrected chi connectivity index (χ3v) is 3.60. The number of carbonyl (C=O) groups is 1. The number of aliphatic hydroxyl groups is 2. The normalized spacial score (nSPS) is 34.1. The van der Waals surface area contributed by atoms with Gasteiger partial charge >= 0.3 is 6.18 Å². The molecule has 0 aliphatic carbocycles. The minimum atomic E-state index is -4.40. The molecule has 2 N–H and O–H groups in total. The Morgan fingerprint density at radius 3 is 2.32 bits per heavy atom. The minimum absolute atomic E-state index is 0.105. The van der Waals surface area contributed by atoms with Crippen LogP contribution in [0, 0.1) is 0 Å². The van der Waals surface area contributed by atoms with Crippen molar-refractivity contribution in [3.8, 4) is 0 Å². The Balaban J connectivity index is 2.00. The highest BCUT2D eigenvalue weighted by Crippen LogP contribution is 2.25. The van der Waals surface area contributed by atoms with Gasteiger partial charge in [-0.25, -0.2) is 0 Å². The van der Waals surface area contributed by atoms with Gasteiger partial charge in [0.1, 0.15) is 6.54 Å². The van der Waals surface area contributed by atoms with E-state index in [-0.39, 0.29) is 19.6 Å². The van der Waals surface area contributed by atoms with E-state index in [4.69, 9.17) is 0 Å². The first-order valence-electron chi connectivity index (χ1n) is 6.23. The fraction of sp³-hybridized carbons (Fsp3) is 0.909. The lowest BCUT2D eigenvalue weighted by atomic mass is 10.0. The summed E-state index contributed by atoms with van der Waals surface area (Å²) in [5.41, 5.74) is 0. The van der Waals surface area contributed by atoms with Gasteiger partial charge in [0.15, 0.2) is 0 Å². The molecule has 2 fully saturated rings. The third-order valence-electron chi connectivity index (χ3n) is 3.60. The topological polar surface area (TPSA) is 64.0 Å². The van der Waals surface area contributed by atoms with Crippen LogP contribution in [0.15, 0.2) is 0 Å². The molecule has 0 saturated carbocycles. The van der Waals surface area contributed by atoms with Gasteiger partial charge in [-0.15, -0.1) is 0 Å². The molecule has 3 unspecified atom stereocenters. The number of aliphatic hydroxyl groups excluding tert-OH is 2. The number of halogens is 3. The molecule has 0 radical (unpaired) electrons. The number of hydrogen-bond acceptors (Lipinski definition) is 4. The van der Waals surface area contributed by atoms with Gasteiger partial charge in [0, 0.05) is 19.6 Å². The first kappa shape index (κ1) is 14.5. The lowest BCUT2D eigenvalue weighted by molar-refractivity contribution is -0.167. The average Bonchev–Trinajstić information content (AvgIpc) is 2.60.